The van der Waals surface area contributed by atoms with E-state index in [1.807, 2.05) is 0 Å². The Hall–Kier alpha value is -2.63. The van der Waals surface area contributed by atoms with Crippen LogP contribution in [0.2, 0.25) is 5.02 Å². The Morgan fingerprint density at radius 3 is 2.50 bits per heavy atom. The van der Waals surface area contributed by atoms with Crippen LogP contribution in [0.4, 0.5) is 14.0 Å². The highest BCUT2D eigenvalue weighted by atomic mass is 35.5. The SMILES string of the molecule is C#Cc1cc(OS(=O)(=O)F)cc(C(=O)Nc2cc(F)cc(Cl)c2)c1. The molecule has 2 rings (SSSR count). The Bertz CT molecular complexity index is 934. The largest absolute Gasteiger partial charge is 0.488 e. The molecule has 1 N–H and O–H groups in total. The third-order valence-corrected chi connectivity index (χ3v) is 3.26. The fourth-order valence-electron chi connectivity index (χ4n) is 1.81. The average molecular weight is 372 g/mol. The number of terminal acetylenes is 1. The number of nitrogens with one attached hydrogen (secondary N) is 1. The minimum atomic E-state index is -5.28. The van der Waals surface area contributed by atoms with Gasteiger partial charge in [0.15, 0.2) is 0 Å². The summed E-state index contributed by atoms with van der Waals surface area (Å²) in [5.41, 5.74) is 0.0275. The molecule has 9 heteroatoms. The van der Waals surface area contributed by atoms with Crippen molar-refractivity contribution in [2.24, 2.45) is 0 Å². The Kier molecular flexibility index (Phi) is 5.07. The summed E-state index contributed by atoms with van der Waals surface area (Å²) in [5, 5.41) is 2.42. The number of carbonyl (C=O) groups excluding carboxylic acids is 1. The maximum absolute atomic E-state index is 13.3. The van der Waals surface area contributed by atoms with E-state index in [0.29, 0.717) is 0 Å². The van der Waals surface area contributed by atoms with Crippen molar-refractivity contribution in [1.82, 2.24) is 0 Å². The second-order valence-electron chi connectivity index (χ2n) is 4.48. The molecule has 0 heterocycles. The fourth-order valence-corrected chi connectivity index (χ4v) is 2.35. The summed E-state index contributed by atoms with van der Waals surface area (Å²) in [4.78, 5) is 12.2. The molecule has 2 aromatic rings. The summed E-state index contributed by atoms with van der Waals surface area (Å²) in [7, 11) is -5.28. The zero-order chi connectivity index (χ0) is 17.9. The molecule has 24 heavy (non-hydrogen) atoms. The molecule has 1 amide bonds. The number of amides is 1. The Morgan fingerprint density at radius 1 is 1.21 bits per heavy atom. The minimum Gasteiger partial charge on any atom is -0.358 e. The van der Waals surface area contributed by atoms with E-state index < -0.39 is 28.0 Å². The van der Waals surface area contributed by atoms with E-state index in [-0.39, 0.29) is 21.8 Å². The van der Waals surface area contributed by atoms with Gasteiger partial charge in [0.05, 0.1) is 0 Å². The predicted octanol–water partition coefficient (Wildman–Crippen LogP) is 3.31. The van der Waals surface area contributed by atoms with Gasteiger partial charge >= 0.3 is 10.5 Å². The van der Waals surface area contributed by atoms with E-state index in [1.54, 1.807) is 0 Å². The van der Waals surface area contributed by atoms with Gasteiger partial charge in [0.2, 0.25) is 0 Å². The van der Waals surface area contributed by atoms with Gasteiger partial charge in [0, 0.05) is 21.8 Å². The molecular formula is C15H8ClF2NO4S. The number of carbonyl (C=O) groups is 1. The highest BCUT2D eigenvalue weighted by Gasteiger charge is 2.15. The normalized spacial score (nSPS) is 10.8. The highest BCUT2D eigenvalue weighted by Crippen LogP contribution is 2.22. The summed E-state index contributed by atoms with van der Waals surface area (Å²) >= 11 is 5.68. The van der Waals surface area contributed by atoms with Crippen LogP contribution in [0.3, 0.4) is 0 Å². The Balaban J connectivity index is 2.34. The number of anilines is 1. The molecular weight excluding hydrogens is 364 g/mol. The summed E-state index contributed by atoms with van der Waals surface area (Å²) in [6.45, 7) is 0. The van der Waals surface area contributed by atoms with Gasteiger partial charge < -0.3 is 9.50 Å². The van der Waals surface area contributed by atoms with Crippen LogP contribution in [0.25, 0.3) is 0 Å². The van der Waals surface area contributed by atoms with Crippen molar-refractivity contribution in [2.45, 2.75) is 0 Å². The summed E-state index contributed by atoms with van der Waals surface area (Å²) in [6, 6.07) is 6.65. The quantitative estimate of drug-likeness (QED) is 0.661. The van der Waals surface area contributed by atoms with Crippen molar-refractivity contribution >= 4 is 33.7 Å². The molecule has 5 nitrogen and oxygen atoms in total. The van der Waals surface area contributed by atoms with Gasteiger partial charge in [0.1, 0.15) is 11.6 Å². The molecule has 2 aromatic carbocycles. The van der Waals surface area contributed by atoms with Crippen molar-refractivity contribution in [3.05, 3.63) is 58.4 Å². The van der Waals surface area contributed by atoms with Crippen molar-refractivity contribution in [3.63, 3.8) is 0 Å². The second kappa shape index (κ2) is 6.86. The van der Waals surface area contributed by atoms with Gasteiger partial charge in [0.25, 0.3) is 5.91 Å². The summed E-state index contributed by atoms with van der Waals surface area (Å²) in [6.07, 6.45) is 5.20. The Morgan fingerprint density at radius 2 is 1.92 bits per heavy atom. The third-order valence-electron chi connectivity index (χ3n) is 2.65. The van der Waals surface area contributed by atoms with Gasteiger partial charge in [-0.3, -0.25) is 4.79 Å². The lowest BCUT2D eigenvalue weighted by atomic mass is 10.1. The number of benzene rings is 2. The molecule has 0 atom stereocenters. The number of hydrogen-bond donors (Lipinski definition) is 1. The molecule has 0 bridgehead atoms. The van der Waals surface area contributed by atoms with Gasteiger partial charge in [-0.05, 0) is 36.4 Å². The molecule has 124 valence electrons. The maximum atomic E-state index is 13.3. The Labute approximate surface area is 141 Å². The van der Waals surface area contributed by atoms with Crippen molar-refractivity contribution in [2.75, 3.05) is 5.32 Å². The topological polar surface area (TPSA) is 72.5 Å². The van der Waals surface area contributed by atoms with Gasteiger partial charge in [-0.25, -0.2) is 4.39 Å². The van der Waals surface area contributed by atoms with Crippen LogP contribution in [0.5, 0.6) is 5.75 Å². The van der Waals surface area contributed by atoms with Gasteiger partial charge in [-0.1, -0.05) is 21.4 Å². The van der Waals surface area contributed by atoms with Crippen LogP contribution in [0.15, 0.2) is 36.4 Å². The molecule has 0 aliphatic carbocycles. The predicted molar refractivity (Wildman–Crippen MR) is 84.4 cm³/mol. The maximum Gasteiger partial charge on any atom is 0.488 e. The van der Waals surface area contributed by atoms with Crippen LogP contribution < -0.4 is 9.50 Å². The number of halogens is 3. The first-order chi connectivity index (χ1) is 11.2. The van der Waals surface area contributed by atoms with Crippen molar-refractivity contribution in [3.8, 4) is 18.1 Å². The van der Waals surface area contributed by atoms with Gasteiger partial charge in [-0.2, -0.15) is 8.42 Å². The minimum absolute atomic E-state index is 0.0650. The van der Waals surface area contributed by atoms with E-state index in [1.165, 1.54) is 12.1 Å². The van der Waals surface area contributed by atoms with E-state index in [0.717, 1.165) is 24.3 Å². The lowest BCUT2D eigenvalue weighted by molar-refractivity contribution is 0.102. The summed E-state index contributed by atoms with van der Waals surface area (Å²) in [5.74, 6) is 0.277. The molecule has 0 radical (unpaired) electrons. The van der Waals surface area contributed by atoms with E-state index in [2.05, 4.69) is 15.4 Å². The van der Waals surface area contributed by atoms with Crippen LogP contribution in [0, 0.1) is 18.2 Å². The van der Waals surface area contributed by atoms with Crippen LogP contribution in [-0.4, -0.2) is 14.3 Å². The molecule has 0 saturated carbocycles. The molecule has 0 unspecified atom stereocenters. The van der Waals surface area contributed by atoms with E-state index in [9.17, 15) is 21.5 Å². The van der Waals surface area contributed by atoms with Crippen LogP contribution >= 0.6 is 11.6 Å². The van der Waals surface area contributed by atoms with Crippen LogP contribution in [0.1, 0.15) is 15.9 Å². The molecule has 0 aromatic heterocycles. The monoisotopic (exact) mass is 371 g/mol. The van der Waals surface area contributed by atoms with Crippen molar-refractivity contribution < 1.29 is 25.7 Å². The average Bonchev–Trinajstić information content (AvgIpc) is 2.43. The fraction of sp³-hybridized carbons (Fsp3) is 0. The summed E-state index contributed by atoms with van der Waals surface area (Å²) < 4.78 is 51.1. The molecule has 0 saturated heterocycles. The first kappa shape index (κ1) is 17.7. The lowest BCUT2D eigenvalue weighted by Gasteiger charge is -2.08. The molecule has 0 spiro atoms. The molecule has 0 fully saturated rings. The van der Waals surface area contributed by atoms with E-state index in [4.69, 9.17) is 18.0 Å². The molecule has 0 aliphatic heterocycles. The number of hydrogen-bond acceptors (Lipinski definition) is 4. The zero-order valence-electron chi connectivity index (χ0n) is 11.7. The molecule has 0 aliphatic rings. The first-order valence-electron chi connectivity index (χ1n) is 6.19. The smallest absolute Gasteiger partial charge is 0.358 e. The standard InChI is InChI=1S/C15H8ClF2NO4S/c1-2-9-3-10(5-14(4-9)23-24(18,21)22)15(20)19-13-7-11(16)6-12(17)8-13/h1,3-8H,(H,19,20). The lowest BCUT2D eigenvalue weighted by Crippen LogP contribution is -2.13. The number of rotatable bonds is 4. The highest BCUT2D eigenvalue weighted by molar-refractivity contribution is 7.81. The second-order valence-corrected chi connectivity index (χ2v) is 5.87. The van der Waals surface area contributed by atoms with Gasteiger partial charge in [-0.15, -0.1) is 6.42 Å². The van der Waals surface area contributed by atoms with Crippen molar-refractivity contribution in [1.29, 1.82) is 0 Å². The zero-order valence-corrected chi connectivity index (χ0v) is 13.3. The van der Waals surface area contributed by atoms with E-state index >= 15 is 0 Å². The van der Waals surface area contributed by atoms with Crippen LogP contribution in [-0.2, 0) is 10.5 Å². The third kappa shape index (κ3) is 4.94. The first-order valence-corrected chi connectivity index (χ1v) is 7.88.